The molecule has 0 radical (unpaired) electrons. The lowest BCUT2D eigenvalue weighted by Gasteiger charge is -1.99. The maximum atomic E-state index is 12.2. The summed E-state index contributed by atoms with van der Waals surface area (Å²) in [6.45, 7) is 0. The van der Waals surface area contributed by atoms with Crippen LogP contribution in [0.2, 0.25) is 0 Å². The first-order valence-electron chi connectivity index (χ1n) is 9.62. The third-order valence-electron chi connectivity index (χ3n) is 5.49. The fraction of sp³-hybridized carbons (Fsp3) is 0. The van der Waals surface area contributed by atoms with Crippen LogP contribution in [-0.2, 0) is 0 Å². The van der Waals surface area contributed by atoms with Crippen LogP contribution in [-0.4, -0.2) is 11.6 Å². The first-order chi connectivity index (χ1) is 15.3. The molecule has 0 fully saturated rings. The van der Waals surface area contributed by atoms with Crippen LogP contribution in [0.15, 0.2) is 90.7 Å². The molecule has 0 saturated heterocycles. The van der Waals surface area contributed by atoms with E-state index in [4.69, 9.17) is 0 Å². The lowest BCUT2D eigenvalue weighted by molar-refractivity contribution is 0.103. The van der Waals surface area contributed by atoms with Gasteiger partial charge >= 0.3 is 0 Å². The number of halogens is 4. The third-order valence-corrected chi connectivity index (χ3v) is 7.46. The summed E-state index contributed by atoms with van der Waals surface area (Å²) in [5.41, 5.74) is 7.22. The molecule has 0 heterocycles. The maximum absolute atomic E-state index is 12.2. The molecular weight excluding hydrogens is 664 g/mol. The second kappa shape index (κ2) is 8.49. The van der Waals surface area contributed by atoms with Gasteiger partial charge in [-0.15, -0.1) is 0 Å². The Bertz CT molecular complexity index is 1240. The lowest BCUT2D eigenvalue weighted by Crippen LogP contribution is -1.94. The Morgan fingerprint density at radius 1 is 0.344 bits per heavy atom. The first-order valence-corrected chi connectivity index (χ1v) is 12.8. The highest BCUT2D eigenvalue weighted by Gasteiger charge is 2.27. The molecule has 156 valence electrons. The summed E-state index contributed by atoms with van der Waals surface area (Å²) < 4.78 is 3.75. The molecule has 2 aliphatic rings. The van der Waals surface area contributed by atoms with Crippen molar-refractivity contribution in [2.45, 2.75) is 0 Å². The molecule has 6 heteroatoms. The Labute approximate surface area is 218 Å². The van der Waals surface area contributed by atoms with Crippen molar-refractivity contribution in [2.24, 2.45) is 0 Å². The van der Waals surface area contributed by atoms with Gasteiger partial charge in [-0.2, -0.15) is 0 Å². The van der Waals surface area contributed by atoms with Gasteiger partial charge in [0, 0.05) is 40.1 Å². The van der Waals surface area contributed by atoms with Crippen molar-refractivity contribution in [2.75, 3.05) is 0 Å². The van der Waals surface area contributed by atoms with Crippen molar-refractivity contribution in [1.29, 1.82) is 0 Å². The predicted molar refractivity (Wildman–Crippen MR) is 141 cm³/mol. The largest absolute Gasteiger partial charge is 0.289 e. The van der Waals surface area contributed by atoms with Crippen LogP contribution in [0.4, 0.5) is 0 Å². The van der Waals surface area contributed by atoms with Crippen LogP contribution in [0.1, 0.15) is 31.8 Å². The average molecular weight is 676 g/mol. The molecule has 6 rings (SSSR count). The lowest BCUT2D eigenvalue weighted by atomic mass is 10.1. The molecule has 4 aromatic carbocycles. The molecule has 2 nitrogen and oxygen atoms in total. The fourth-order valence-corrected chi connectivity index (χ4v) is 5.49. The highest BCUT2D eigenvalue weighted by Crippen LogP contribution is 2.40. The second-order valence-corrected chi connectivity index (χ2v) is 11.1. The zero-order valence-corrected chi connectivity index (χ0v) is 22.6. The minimum absolute atomic E-state index is 0.104. The molecule has 0 atom stereocenters. The van der Waals surface area contributed by atoms with E-state index >= 15 is 0 Å². The molecule has 0 aliphatic heterocycles. The van der Waals surface area contributed by atoms with Gasteiger partial charge in [-0.1, -0.05) is 88.0 Å². The molecule has 0 N–H and O–H groups in total. The molecule has 2 aliphatic carbocycles. The van der Waals surface area contributed by atoms with Gasteiger partial charge in [-0.05, 0) is 70.8 Å². The number of fused-ring (bicyclic) bond motifs is 6. The van der Waals surface area contributed by atoms with E-state index in [0.29, 0.717) is 0 Å². The highest BCUT2D eigenvalue weighted by atomic mass is 79.9. The molecule has 0 saturated carbocycles. The number of carbonyl (C=O) groups excluding carboxylic acids is 2. The van der Waals surface area contributed by atoms with Gasteiger partial charge < -0.3 is 0 Å². The summed E-state index contributed by atoms with van der Waals surface area (Å²) in [6.07, 6.45) is 0. The fourth-order valence-electron chi connectivity index (χ4n) is 4.05. The van der Waals surface area contributed by atoms with Gasteiger partial charge in [-0.3, -0.25) is 9.59 Å². The van der Waals surface area contributed by atoms with Gasteiger partial charge in [0.15, 0.2) is 11.6 Å². The quantitative estimate of drug-likeness (QED) is 0.161. The van der Waals surface area contributed by atoms with Crippen LogP contribution in [0.25, 0.3) is 22.3 Å². The predicted octanol–water partition coefficient (Wildman–Crippen LogP) is 8.85. The molecule has 0 spiro atoms. The number of benzene rings is 4. The first kappa shape index (κ1) is 22.0. The molecule has 0 bridgehead atoms. The van der Waals surface area contributed by atoms with E-state index in [-0.39, 0.29) is 11.6 Å². The van der Waals surface area contributed by atoms with E-state index < -0.39 is 0 Å². The monoisotopic (exact) mass is 672 g/mol. The zero-order valence-electron chi connectivity index (χ0n) is 16.3. The number of carbonyl (C=O) groups is 2. The van der Waals surface area contributed by atoms with Crippen molar-refractivity contribution in [3.8, 4) is 22.3 Å². The molecule has 32 heavy (non-hydrogen) atoms. The number of ketones is 2. The van der Waals surface area contributed by atoms with Gasteiger partial charge in [0.05, 0.1) is 0 Å². The standard InChI is InChI=1S/2C13H6Br2O/c2*14-7-1-3-9-10-4-2-8(15)6-12(10)13(16)11(9)5-7/h2*1-6H. The minimum Gasteiger partial charge on any atom is -0.289 e. The van der Waals surface area contributed by atoms with Crippen LogP contribution >= 0.6 is 63.7 Å². The molecule has 0 unspecified atom stereocenters. The summed E-state index contributed by atoms with van der Waals surface area (Å²) in [7, 11) is 0. The molecular formula is C26H12Br4O2. The smallest absolute Gasteiger partial charge is 0.194 e. The van der Waals surface area contributed by atoms with E-state index in [2.05, 4.69) is 63.7 Å². The number of rotatable bonds is 0. The Morgan fingerprint density at radius 3 is 0.781 bits per heavy atom. The average Bonchev–Trinajstić information content (AvgIpc) is 3.19. The van der Waals surface area contributed by atoms with Crippen molar-refractivity contribution in [3.63, 3.8) is 0 Å². The van der Waals surface area contributed by atoms with E-state index in [9.17, 15) is 9.59 Å². The van der Waals surface area contributed by atoms with Gasteiger partial charge in [0.1, 0.15) is 0 Å². The minimum atomic E-state index is 0.104. The Kier molecular flexibility index (Phi) is 5.82. The molecule has 0 amide bonds. The van der Waals surface area contributed by atoms with Crippen LogP contribution in [0, 0.1) is 0 Å². The third kappa shape index (κ3) is 3.77. The maximum Gasteiger partial charge on any atom is 0.194 e. The Morgan fingerprint density at radius 2 is 0.562 bits per heavy atom. The summed E-state index contributed by atoms with van der Waals surface area (Å²) in [4.78, 5) is 24.3. The van der Waals surface area contributed by atoms with Gasteiger partial charge in [0.25, 0.3) is 0 Å². The second-order valence-electron chi connectivity index (χ2n) is 7.42. The Balaban J connectivity index is 0.000000135. The van der Waals surface area contributed by atoms with Crippen LogP contribution in [0.3, 0.4) is 0 Å². The van der Waals surface area contributed by atoms with Crippen LogP contribution in [0.5, 0.6) is 0 Å². The number of hydrogen-bond donors (Lipinski definition) is 0. The summed E-state index contributed by atoms with van der Waals surface area (Å²) in [5, 5.41) is 0. The van der Waals surface area contributed by atoms with E-state index in [1.165, 1.54) is 0 Å². The SMILES string of the molecule is O=C1c2cc(Br)ccc2-c2ccc(Br)cc21.O=C1c2cc(Br)ccc2-c2ccc(Br)cc21. The normalized spacial score (nSPS) is 12.5. The topological polar surface area (TPSA) is 34.1 Å². The summed E-state index contributed by atoms with van der Waals surface area (Å²) in [6, 6.07) is 23.3. The zero-order chi connectivity index (χ0) is 22.6. The van der Waals surface area contributed by atoms with Gasteiger partial charge in [-0.25, -0.2) is 0 Å². The Hall–Kier alpha value is -1.86. The highest BCUT2D eigenvalue weighted by molar-refractivity contribution is 9.11. The van der Waals surface area contributed by atoms with E-state index in [1.807, 2.05) is 72.8 Å². The van der Waals surface area contributed by atoms with Crippen molar-refractivity contribution < 1.29 is 9.59 Å². The van der Waals surface area contributed by atoms with Crippen molar-refractivity contribution >= 4 is 75.3 Å². The summed E-state index contributed by atoms with van der Waals surface area (Å²) in [5.74, 6) is 0.209. The molecule has 4 aromatic rings. The van der Waals surface area contributed by atoms with Gasteiger partial charge in [0.2, 0.25) is 0 Å². The van der Waals surface area contributed by atoms with Crippen molar-refractivity contribution in [1.82, 2.24) is 0 Å². The van der Waals surface area contributed by atoms with Crippen molar-refractivity contribution in [3.05, 3.63) is 113 Å². The van der Waals surface area contributed by atoms with Crippen LogP contribution < -0.4 is 0 Å². The summed E-state index contributed by atoms with van der Waals surface area (Å²) >= 11 is 13.6. The van der Waals surface area contributed by atoms with E-state index in [1.54, 1.807) is 0 Å². The number of hydrogen-bond acceptors (Lipinski definition) is 2. The van der Waals surface area contributed by atoms with E-state index in [0.717, 1.165) is 62.4 Å². The molecule has 0 aromatic heterocycles.